The van der Waals surface area contributed by atoms with Gasteiger partial charge < -0.3 is 9.64 Å². The number of esters is 1. The van der Waals surface area contributed by atoms with Crippen molar-refractivity contribution in [1.29, 1.82) is 0 Å². The third-order valence-electron chi connectivity index (χ3n) is 3.70. The number of hydrogen-bond acceptors (Lipinski definition) is 4. The van der Waals surface area contributed by atoms with E-state index in [9.17, 15) is 9.59 Å². The number of alkyl halides is 3. The monoisotopic (exact) mass is 437 g/mol. The van der Waals surface area contributed by atoms with Crippen LogP contribution in [0.5, 0.6) is 5.75 Å². The van der Waals surface area contributed by atoms with Crippen LogP contribution in [0.4, 0.5) is 5.69 Å². The maximum absolute atomic E-state index is 12.3. The van der Waals surface area contributed by atoms with Gasteiger partial charge in [0.2, 0.25) is 0 Å². The lowest BCUT2D eigenvalue weighted by Gasteiger charge is -2.32. The van der Waals surface area contributed by atoms with Crippen LogP contribution in [0, 0.1) is 0 Å². The molecule has 0 fully saturated rings. The number of fused-ring (bicyclic) bond motifs is 1. The van der Waals surface area contributed by atoms with Crippen LogP contribution in [0.25, 0.3) is 0 Å². The molecule has 0 bridgehead atoms. The first kappa shape index (κ1) is 18.8. The molecule has 25 heavy (non-hydrogen) atoms. The molecule has 1 amide bonds. The van der Waals surface area contributed by atoms with Crippen molar-refractivity contribution in [2.24, 2.45) is 0 Å². The van der Waals surface area contributed by atoms with Crippen LogP contribution in [0.15, 0.2) is 29.6 Å². The zero-order valence-corrected chi connectivity index (χ0v) is 16.4. The second-order valence-electron chi connectivity index (χ2n) is 5.30. The Hall–Kier alpha value is -0.980. The Balaban J connectivity index is 1.91. The number of ether oxygens (including phenoxy) is 1. The molecule has 1 aliphatic heterocycles. The van der Waals surface area contributed by atoms with Crippen molar-refractivity contribution < 1.29 is 14.3 Å². The van der Waals surface area contributed by atoms with Crippen LogP contribution in [0.3, 0.4) is 0 Å². The lowest BCUT2D eigenvalue weighted by atomic mass is 10.0. The Morgan fingerprint density at radius 3 is 2.60 bits per heavy atom. The van der Waals surface area contributed by atoms with Gasteiger partial charge in [0.15, 0.2) is 0 Å². The number of benzene rings is 1. The highest BCUT2D eigenvalue weighted by Crippen LogP contribution is 2.41. The van der Waals surface area contributed by atoms with E-state index in [0.29, 0.717) is 35.5 Å². The third-order valence-corrected chi connectivity index (χ3v) is 5.44. The lowest BCUT2D eigenvalue weighted by Crippen LogP contribution is -2.42. The molecule has 0 N–H and O–H groups in total. The van der Waals surface area contributed by atoms with E-state index in [1.807, 2.05) is 0 Å². The van der Waals surface area contributed by atoms with E-state index in [-0.39, 0.29) is 10.8 Å². The summed E-state index contributed by atoms with van der Waals surface area (Å²) in [5, 5.41) is 2.06. The maximum Gasteiger partial charge on any atom is 0.353 e. The predicted molar refractivity (Wildman–Crippen MR) is 102 cm³/mol. The molecule has 0 radical (unpaired) electrons. The minimum atomic E-state index is -2.05. The molecule has 2 aromatic rings. The van der Waals surface area contributed by atoms with Crippen molar-refractivity contribution in [2.45, 2.75) is 16.6 Å². The Bertz CT molecular complexity index is 818. The van der Waals surface area contributed by atoms with Crippen LogP contribution >= 0.6 is 57.7 Å². The molecule has 132 valence electrons. The second-order valence-corrected chi connectivity index (χ2v) is 8.91. The van der Waals surface area contributed by atoms with E-state index in [1.165, 1.54) is 22.3 Å². The number of amides is 1. The number of halogens is 4. The fourth-order valence-electron chi connectivity index (χ4n) is 2.60. The zero-order chi connectivity index (χ0) is 18.2. The molecule has 3 rings (SSSR count). The van der Waals surface area contributed by atoms with Crippen LogP contribution in [-0.4, -0.2) is 22.2 Å². The van der Waals surface area contributed by atoms with Gasteiger partial charge in [0.05, 0.1) is 5.02 Å². The van der Waals surface area contributed by atoms with Crippen LogP contribution < -0.4 is 9.64 Å². The number of carbonyl (C=O) groups is 2. The average molecular weight is 439 g/mol. The van der Waals surface area contributed by atoms with Gasteiger partial charge in [0.25, 0.3) is 9.70 Å². The number of carbonyl (C=O) groups excluding carboxylic acids is 2. The van der Waals surface area contributed by atoms with Gasteiger partial charge >= 0.3 is 5.97 Å². The molecule has 0 saturated carbocycles. The highest BCUT2D eigenvalue weighted by molar-refractivity contribution is 7.12. The van der Waals surface area contributed by atoms with Gasteiger partial charge in [-0.3, -0.25) is 4.79 Å². The van der Waals surface area contributed by atoms with Crippen molar-refractivity contribution in [3.05, 3.63) is 45.1 Å². The molecule has 1 aromatic heterocycles. The van der Waals surface area contributed by atoms with E-state index in [2.05, 4.69) is 0 Å². The molecule has 0 atom stereocenters. The summed E-state index contributed by atoms with van der Waals surface area (Å²) in [5.74, 6) is -0.887. The Kier molecular flexibility index (Phi) is 5.51. The summed E-state index contributed by atoms with van der Waals surface area (Å²) < 4.78 is 3.33. The SMILES string of the molecule is O=C(Oc1ccc2c(c1Cl)CCCN2C(=O)C(Cl)(Cl)Cl)c1cccs1. The fourth-order valence-corrected chi connectivity index (χ4v) is 3.80. The van der Waals surface area contributed by atoms with E-state index in [1.54, 1.807) is 23.6 Å². The zero-order valence-electron chi connectivity index (χ0n) is 12.6. The molecular formula is C16H11Cl4NO3S. The number of anilines is 1. The molecule has 0 unspecified atom stereocenters. The summed E-state index contributed by atoms with van der Waals surface area (Å²) in [6.45, 7) is 0.421. The van der Waals surface area contributed by atoms with Crippen molar-refractivity contribution in [1.82, 2.24) is 0 Å². The highest BCUT2D eigenvalue weighted by Gasteiger charge is 2.38. The van der Waals surface area contributed by atoms with Gasteiger partial charge in [-0.25, -0.2) is 4.79 Å². The fraction of sp³-hybridized carbons (Fsp3) is 0.250. The topological polar surface area (TPSA) is 46.6 Å². The molecule has 0 aliphatic carbocycles. The summed E-state index contributed by atoms with van der Waals surface area (Å²) in [6.07, 6.45) is 1.28. The van der Waals surface area contributed by atoms with Crippen molar-refractivity contribution in [2.75, 3.05) is 11.4 Å². The molecule has 1 aromatic carbocycles. The summed E-state index contributed by atoms with van der Waals surface area (Å²) >= 11 is 24.8. The van der Waals surface area contributed by atoms with Gasteiger partial charge in [-0.2, -0.15) is 0 Å². The molecule has 0 spiro atoms. The molecule has 4 nitrogen and oxygen atoms in total. The van der Waals surface area contributed by atoms with E-state index in [0.717, 1.165) is 0 Å². The molecule has 2 heterocycles. The first-order chi connectivity index (χ1) is 11.8. The number of rotatable bonds is 2. The normalized spacial score (nSPS) is 14.2. The third kappa shape index (κ3) is 3.91. The number of hydrogen-bond donors (Lipinski definition) is 0. The minimum absolute atomic E-state index is 0.238. The number of thiophene rings is 1. The quantitative estimate of drug-likeness (QED) is 0.364. The van der Waals surface area contributed by atoms with Crippen molar-refractivity contribution >= 4 is 75.3 Å². The molecule has 0 saturated heterocycles. The second kappa shape index (κ2) is 7.33. The molecule has 1 aliphatic rings. The van der Waals surface area contributed by atoms with Gasteiger partial charge in [-0.1, -0.05) is 52.5 Å². The van der Waals surface area contributed by atoms with Crippen molar-refractivity contribution in [3.8, 4) is 5.75 Å². The maximum atomic E-state index is 12.3. The summed E-state index contributed by atoms with van der Waals surface area (Å²) in [7, 11) is 0. The summed E-state index contributed by atoms with van der Waals surface area (Å²) in [4.78, 5) is 26.3. The van der Waals surface area contributed by atoms with Crippen molar-refractivity contribution in [3.63, 3.8) is 0 Å². The standard InChI is InChI=1S/C16H11Cl4NO3S/c17-13-9-3-1-7-21(15(23)16(18,19)20)10(9)5-6-11(13)24-14(22)12-4-2-8-25-12/h2,4-6,8H,1,3,7H2. The lowest BCUT2D eigenvalue weighted by molar-refractivity contribution is -0.117. The Morgan fingerprint density at radius 2 is 1.96 bits per heavy atom. The van der Waals surface area contributed by atoms with Gasteiger partial charge in [0.1, 0.15) is 10.6 Å². The largest absolute Gasteiger partial charge is 0.421 e. The highest BCUT2D eigenvalue weighted by atomic mass is 35.6. The van der Waals surface area contributed by atoms with Crippen LogP contribution in [-0.2, 0) is 11.2 Å². The van der Waals surface area contributed by atoms with E-state index in [4.69, 9.17) is 51.1 Å². The average Bonchev–Trinajstić information content (AvgIpc) is 3.10. The van der Waals surface area contributed by atoms with Gasteiger partial charge in [-0.15, -0.1) is 11.3 Å². The van der Waals surface area contributed by atoms with Crippen LogP contribution in [0.2, 0.25) is 5.02 Å². The predicted octanol–water partition coefficient (Wildman–Crippen LogP) is 5.27. The first-order valence-electron chi connectivity index (χ1n) is 7.25. The summed E-state index contributed by atoms with van der Waals surface area (Å²) in [5.41, 5.74) is 1.25. The van der Waals surface area contributed by atoms with E-state index < -0.39 is 15.7 Å². The Labute approximate surface area is 168 Å². The van der Waals surface area contributed by atoms with Gasteiger partial charge in [0, 0.05) is 12.2 Å². The van der Waals surface area contributed by atoms with Crippen LogP contribution in [0.1, 0.15) is 21.7 Å². The van der Waals surface area contributed by atoms with E-state index >= 15 is 0 Å². The Morgan fingerprint density at radius 1 is 1.20 bits per heavy atom. The molecule has 9 heteroatoms. The number of nitrogens with zero attached hydrogens (tertiary/aromatic N) is 1. The molecular weight excluding hydrogens is 428 g/mol. The summed E-state index contributed by atoms with van der Waals surface area (Å²) in [6, 6.07) is 6.61. The minimum Gasteiger partial charge on any atom is -0.421 e. The smallest absolute Gasteiger partial charge is 0.353 e. The van der Waals surface area contributed by atoms with Gasteiger partial charge in [-0.05, 0) is 42.0 Å². The first-order valence-corrected chi connectivity index (χ1v) is 9.64.